The number of nitrogens with zero attached hydrogens (tertiary/aromatic N) is 2. The Labute approximate surface area is 123 Å². The van der Waals surface area contributed by atoms with Crippen LogP contribution in [0.15, 0.2) is 18.2 Å². The molecule has 0 aromatic carbocycles. The molecule has 20 heavy (non-hydrogen) atoms. The zero-order chi connectivity index (χ0) is 14.9. The van der Waals surface area contributed by atoms with Gasteiger partial charge in [0, 0.05) is 18.6 Å². The molecule has 0 amide bonds. The van der Waals surface area contributed by atoms with Gasteiger partial charge in [0.2, 0.25) is 0 Å². The zero-order valence-corrected chi connectivity index (χ0v) is 13.4. The molecule has 3 heteroatoms. The molecule has 2 rings (SSSR count). The van der Waals surface area contributed by atoms with Crippen LogP contribution in [0.2, 0.25) is 0 Å². The highest BCUT2D eigenvalue weighted by Gasteiger charge is 2.28. The average Bonchev–Trinajstić information content (AvgIpc) is 2.69. The molecule has 3 nitrogen and oxygen atoms in total. The number of aromatic nitrogens is 1. The van der Waals surface area contributed by atoms with E-state index in [1.807, 2.05) is 32.9 Å². The summed E-state index contributed by atoms with van der Waals surface area (Å²) < 4.78 is 0. The molecule has 112 valence electrons. The maximum Gasteiger partial charge on any atom is 0.101 e. The van der Waals surface area contributed by atoms with Gasteiger partial charge < -0.3 is 5.11 Å². The fourth-order valence-electron chi connectivity index (χ4n) is 2.93. The molecule has 1 N–H and O–H groups in total. The topological polar surface area (TPSA) is 36.4 Å². The van der Waals surface area contributed by atoms with Crippen LogP contribution in [0.4, 0.5) is 0 Å². The van der Waals surface area contributed by atoms with Crippen molar-refractivity contribution in [3.8, 4) is 0 Å². The van der Waals surface area contributed by atoms with Gasteiger partial charge in [-0.3, -0.25) is 9.88 Å². The normalized spacial score (nSPS) is 25.9. The number of likely N-dealkylation sites (tertiary alicyclic amines) is 1. The molecule has 1 aromatic heterocycles. The van der Waals surface area contributed by atoms with Gasteiger partial charge in [-0.25, -0.2) is 0 Å². The fourth-order valence-corrected chi connectivity index (χ4v) is 2.93. The Hall–Kier alpha value is -0.930. The van der Waals surface area contributed by atoms with E-state index in [4.69, 9.17) is 0 Å². The first-order chi connectivity index (χ1) is 9.29. The SMILES string of the molecule is C[C@@H]1CC[C@@H](C)N1Cc1cccc([C@H](O)C(C)(C)C)n1. The summed E-state index contributed by atoms with van der Waals surface area (Å²) in [6.45, 7) is 11.6. The number of aliphatic hydroxyl groups is 1. The number of pyridine rings is 1. The Bertz CT molecular complexity index is 443. The van der Waals surface area contributed by atoms with Crippen LogP contribution in [0.1, 0.15) is 65.0 Å². The quantitative estimate of drug-likeness (QED) is 0.917. The van der Waals surface area contributed by atoms with Gasteiger partial charge in [-0.15, -0.1) is 0 Å². The van der Waals surface area contributed by atoms with Crippen molar-refractivity contribution >= 4 is 0 Å². The van der Waals surface area contributed by atoms with Crippen LogP contribution >= 0.6 is 0 Å². The maximum absolute atomic E-state index is 10.4. The highest BCUT2D eigenvalue weighted by Crippen LogP contribution is 2.32. The van der Waals surface area contributed by atoms with E-state index >= 15 is 0 Å². The van der Waals surface area contributed by atoms with Crippen LogP contribution in [-0.4, -0.2) is 27.1 Å². The van der Waals surface area contributed by atoms with Crippen molar-refractivity contribution in [3.05, 3.63) is 29.6 Å². The molecule has 0 radical (unpaired) electrons. The number of hydrogen-bond acceptors (Lipinski definition) is 3. The lowest BCUT2D eigenvalue weighted by molar-refractivity contribution is 0.0585. The van der Waals surface area contributed by atoms with E-state index in [0.717, 1.165) is 17.9 Å². The van der Waals surface area contributed by atoms with Crippen molar-refractivity contribution < 1.29 is 5.11 Å². The Morgan fingerprint density at radius 3 is 2.40 bits per heavy atom. The van der Waals surface area contributed by atoms with Crippen molar-refractivity contribution in [1.29, 1.82) is 0 Å². The molecular weight excluding hydrogens is 248 g/mol. The van der Waals surface area contributed by atoms with Crippen molar-refractivity contribution in [2.45, 2.75) is 72.2 Å². The summed E-state index contributed by atoms with van der Waals surface area (Å²) in [7, 11) is 0. The van der Waals surface area contributed by atoms with Gasteiger partial charge >= 0.3 is 0 Å². The van der Waals surface area contributed by atoms with Crippen molar-refractivity contribution in [2.75, 3.05) is 0 Å². The summed E-state index contributed by atoms with van der Waals surface area (Å²) in [6, 6.07) is 7.26. The van der Waals surface area contributed by atoms with Gasteiger partial charge in [-0.2, -0.15) is 0 Å². The smallest absolute Gasteiger partial charge is 0.101 e. The molecular formula is C17H28N2O. The minimum Gasteiger partial charge on any atom is -0.386 e. The molecule has 1 aromatic rings. The Morgan fingerprint density at radius 2 is 1.85 bits per heavy atom. The largest absolute Gasteiger partial charge is 0.386 e. The summed E-state index contributed by atoms with van der Waals surface area (Å²) in [5.74, 6) is 0. The molecule has 1 aliphatic heterocycles. The molecule has 3 atom stereocenters. The van der Waals surface area contributed by atoms with E-state index in [0.29, 0.717) is 12.1 Å². The van der Waals surface area contributed by atoms with Crippen molar-refractivity contribution in [3.63, 3.8) is 0 Å². The third-order valence-electron chi connectivity index (χ3n) is 4.41. The summed E-state index contributed by atoms with van der Waals surface area (Å²) in [4.78, 5) is 7.19. The average molecular weight is 276 g/mol. The van der Waals surface area contributed by atoms with E-state index < -0.39 is 6.10 Å². The Kier molecular flexibility index (Phi) is 4.50. The predicted octanol–water partition coefficient (Wildman–Crippen LogP) is 3.53. The van der Waals surface area contributed by atoms with Gasteiger partial charge in [0.15, 0.2) is 0 Å². The molecule has 0 bridgehead atoms. The van der Waals surface area contributed by atoms with Crippen LogP contribution in [0, 0.1) is 5.41 Å². The van der Waals surface area contributed by atoms with Gasteiger partial charge in [-0.05, 0) is 44.2 Å². The first-order valence-corrected chi connectivity index (χ1v) is 7.68. The highest BCUT2D eigenvalue weighted by atomic mass is 16.3. The Morgan fingerprint density at radius 1 is 1.25 bits per heavy atom. The second-order valence-corrected chi connectivity index (χ2v) is 7.27. The van der Waals surface area contributed by atoms with Crippen LogP contribution in [-0.2, 0) is 6.54 Å². The first kappa shape index (κ1) is 15.5. The predicted molar refractivity (Wildman–Crippen MR) is 82.4 cm³/mol. The van der Waals surface area contributed by atoms with E-state index in [2.05, 4.69) is 29.8 Å². The molecule has 1 saturated heterocycles. The Balaban J connectivity index is 2.14. The minimum atomic E-state index is -0.518. The second kappa shape index (κ2) is 5.82. The summed E-state index contributed by atoms with van der Waals surface area (Å²) >= 11 is 0. The molecule has 2 heterocycles. The number of rotatable bonds is 3. The van der Waals surface area contributed by atoms with E-state index in [9.17, 15) is 5.11 Å². The molecule has 0 aliphatic carbocycles. The lowest BCUT2D eigenvalue weighted by Crippen LogP contribution is -2.32. The summed E-state index contributed by atoms with van der Waals surface area (Å²) in [5, 5.41) is 10.4. The molecule has 0 spiro atoms. The monoisotopic (exact) mass is 276 g/mol. The maximum atomic E-state index is 10.4. The molecule has 1 aliphatic rings. The van der Waals surface area contributed by atoms with Gasteiger partial charge in [-0.1, -0.05) is 26.8 Å². The standard InChI is InChI=1S/C17H28N2O/c1-12-9-10-13(2)19(12)11-14-7-6-8-15(18-14)16(20)17(3,4)5/h6-8,12-13,16,20H,9-11H2,1-5H3/t12-,13-,16+/m1/s1. The third kappa shape index (κ3) is 3.39. The van der Waals surface area contributed by atoms with Gasteiger partial charge in [0.05, 0.1) is 11.4 Å². The van der Waals surface area contributed by atoms with Crippen molar-refractivity contribution in [1.82, 2.24) is 9.88 Å². The van der Waals surface area contributed by atoms with Crippen molar-refractivity contribution in [2.24, 2.45) is 5.41 Å². The fraction of sp³-hybridized carbons (Fsp3) is 0.706. The summed E-state index contributed by atoms with van der Waals surface area (Å²) in [6.07, 6.45) is 2.02. The van der Waals surface area contributed by atoms with E-state index in [1.54, 1.807) is 0 Å². The third-order valence-corrected chi connectivity index (χ3v) is 4.41. The van der Waals surface area contributed by atoms with E-state index in [-0.39, 0.29) is 5.41 Å². The van der Waals surface area contributed by atoms with Crippen LogP contribution < -0.4 is 0 Å². The molecule has 0 saturated carbocycles. The lowest BCUT2D eigenvalue weighted by atomic mass is 9.87. The van der Waals surface area contributed by atoms with E-state index in [1.165, 1.54) is 12.8 Å². The van der Waals surface area contributed by atoms with Gasteiger partial charge in [0.25, 0.3) is 0 Å². The first-order valence-electron chi connectivity index (χ1n) is 7.68. The van der Waals surface area contributed by atoms with Crippen LogP contribution in [0.5, 0.6) is 0 Å². The number of aliphatic hydroxyl groups excluding tert-OH is 1. The van der Waals surface area contributed by atoms with Gasteiger partial charge in [0.1, 0.15) is 6.10 Å². The van der Waals surface area contributed by atoms with Crippen LogP contribution in [0.3, 0.4) is 0 Å². The molecule has 0 unspecified atom stereocenters. The minimum absolute atomic E-state index is 0.181. The summed E-state index contributed by atoms with van der Waals surface area (Å²) in [5.41, 5.74) is 1.67. The second-order valence-electron chi connectivity index (χ2n) is 7.27. The zero-order valence-electron chi connectivity index (χ0n) is 13.4. The number of hydrogen-bond donors (Lipinski definition) is 1. The highest BCUT2D eigenvalue weighted by molar-refractivity contribution is 5.15. The lowest BCUT2D eigenvalue weighted by Gasteiger charge is -2.27. The van der Waals surface area contributed by atoms with Crippen LogP contribution in [0.25, 0.3) is 0 Å². The molecule has 1 fully saturated rings.